The van der Waals surface area contributed by atoms with Crippen molar-refractivity contribution in [2.45, 2.75) is 26.7 Å². The molecule has 3 nitrogen and oxygen atoms in total. The third-order valence-electron chi connectivity index (χ3n) is 2.20. The summed E-state index contributed by atoms with van der Waals surface area (Å²) in [6.07, 6.45) is 5.04. The normalized spacial score (nSPS) is 23.5. The number of hydrogen-bond donors (Lipinski definition) is 0. The van der Waals surface area contributed by atoms with E-state index in [0.29, 0.717) is 13.0 Å². The Balaban J connectivity index is 2.67. The van der Waals surface area contributed by atoms with Crippen LogP contribution < -0.4 is 0 Å². The van der Waals surface area contributed by atoms with Crippen molar-refractivity contribution >= 4 is 11.8 Å². The highest BCUT2D eigenvalue weighted by Gasteiger charge is 2.35. The zero-order chi connectivity index (χ0) is 9.84. The van der Waals surface area contributed by atoms with Crippen LogP contribution in [-0.4, -0.2) is 23.3 Å². The fourth-order valence-corrected chi connectivity index (χ4v) is 1.49. The van der Waals surface area contributed by atoms with Gasteiger partial charge in [0.15, 0.2) is 0 Å². The lowest BCUT2D eigenvalue weighted by Crippen LogP contribution is -2.29. The molecule has 0 aromatic heterocycles. The van der Waals surface area contributed by atoms with Gasteiger partial charge in [-0.05, 0) is 13.3 Å². The second kappa shape index (κ2) is 4.21. The average Bonchev–Trinajstić information content (AvgIpc) is 2.38. The van der Waals surface area contributed by atoms with Gasteiger partial charge in [-0.1, -0.05) is 19.1 Å². The summed E-state index contributed by atoms with van der Waals surface area (Å²) < 4.78 is 0. The largest absolute Gasteiger partial charge is 0.282 e. The Morgan fingerprint density at radius 3 is 2.62 bits per heavy atom. The molecule has 0 bridgehead atoms. The lowest BCUT2D eigenvalue weighted by molar-refractivity contribution is -0.138. The van der Waals surface area contributed by atoms with E-state index in [9.17, 15) is 9.59 Å². The maximum Gasteiger partial charge on any atom is 0.236 e. The minimum Gasteiger partial charge on any atom is -0.282 e. The molecule has 1 atom stereocenters. The van der Waals surface area contributed by atoms with Gasteiger partial charge >= 0.3 is 0 Å². The highest BCUT2D eigenvalue weighted by Crippen LogP contribution is 2.20. The molecule has 0 aromatic carbocycles. The molecule has 0 spiro atoms. The van der Waals surface area contributed by atoms with Crippen molar-refractivity contribution in [3.63, 3.8) is 0 Å². The second-order valence-corrected chi connectivity index (χ2v) is 3.12. The SMILES string of the molecule is CC/C=C/C1CC(=O)N(CC)C1=O. The molecule has 1 aliphatic rings. The summed E-state index contributed by atoms with van der Waals surface area (Å²) in [5, 5.41) is 0. The highest BCUT2D eigenvalue weighted by molar-refractivity contribution is 6.04. The number of amides is 2. The molecule has 1 rings (SSSR count). The Kier molecular flexibility index (Phi) is 3.23. The smallest absolute Gasteiger partial charge is 0.236 e. The number of likely N-dealkylation sites (tertiary alicyclic amines) is 1. The molecule has 1 aliphatic heterocycles. The van der Waals surface area contributed by atoms with Gasteiger partial charge in [0.25, 0.3) is 0 Å². The Labute approximate surface area is 78.4 Å². The van der Waals surface area contributed by atoms with Crippen molar-refractivity contribution in [3.8, 4) is 0 Å². The number of nitrogens with zero attached hydrogens (tertiary/aromatic N) is 1. The van der Waals surface area contributed by atoms with E-state index in [2.05, 4.69) is 0 Å². The Hall–Kier alpha value is -1.12. The van der Waals surface area contributed by atoms with Crippen LogP contribution in [0.5, 0.6) is 0 Å². The number of rotatable bonds is 3. The topological polar surface area (TPSA) is 37.4 Å². The van der Waals surface area contributed by atoms with E-state index in [1.165, 1.54) is 4.90 Å². The highest BCUT2D eigenvalue weighted by atomic mass is 16.2. The van der Waals surface area contributed by atoms with Crippen molar-refractivity contribution < 1.29 is 9.59 Å². The van der Waals surface area contributed by atoms with E-state index in [1.807, 2.05) is 26.0 Å². The number of carbonyl (C=O) groups excluding carboxylic acids is 2. The molecule has 0 aromatic rings. The van der Waals surface area contributed by atoms with E-state index in [1.54, 1.807) is 0 Å². The van der Waals surface area contributed by atoms with Crippen LogP contribution in [-0.2, 0) is 9.59 Å². The van der Waals surface area contributed by atoms with Gasteiger partial charge in [0.1, 0.15) is 0 Å². The zero-order valence-electron chi connectivity index (χ0n) is 8.12. The van der Waals surface area contributed by atoms with Crippen LogP contribution in [0, 0.1) is 5.92 Å². The van der Waals surface area contributed by atoms with Gasteiger partial charge in [-0.25, -0.2) is 0 Å². The summed E-state index contributed by atoms with van der Waals surface area (Å²) in [6.45, 7) is 4.32. The monoisotopic (exact) mass is 181 g/mol. The molecule has 1 fully saturated rings. The predicted molar refractivity (Wildman–Crippen MR) is 49.9 cm³/mol. The van der Waals surface area contributed by atoms with Crippen molar-refractivity contribution in [1.29, 1.82) is 0 Å². The van der Waals surface area contributed by atoms with Gasteiger partial charge in [0.05, 0.1) is 5.92 Å². The Morgan fingerprint density at radius 1 is 1.46 bits per heavy atom. The van der Waals surface area contributed by atoms with Crippen molar-refractivity contribution in [1.82, 2.24) is 4.90 Å². The summed E-state index contributed by atoms with van der Waals surface area (Å²) in [5.74, 6) is -0.289. The van der Waals surface area contributed by atoms with Gasteiger partial charge in [-0.15, -0.1) is 0 Å². The first-order chi connectivity index (χ1) is 6.20. The van der Waals surface area contributed by atoms with Crippen LogP contribution in [0.15, 0.2) is 12.2 Å². The van der Waals surface area contributed by atoms with Crippen molar-refractivity contribution in [2.75, 3.05) is 6.54 Å². The van der Waals surface area contributed by atoms with E-state index in [0.717, 1.165) is 6.42 Å². The summed E-state index contributed by atoms with van der Waals surface area (Å²) >= 11 is 0. The minimum atomic E-state index is -0.201. The van der Waals surface area contributed by atoms with E-state index < -0.39 is 0 Å². The fraction of sp³-hybridized carbons (Fsp3) is 0.600. The second-order valence-electron chi connectivity index (χ2n) is 3.12. The minimum absolute atomic E-state index is 0.0433. The molecule has 13 heavy (non-hydrogen) atoms. The van der Waals surface area contributed by atoms with Gasteiger partial charge in [-0.3, -0.25) is 14.5 Å². The molecular weight excluding hydrogens is 166 g/mol. The summed E-state index contributed by atoms with van der Waals surface area (Å²) in [4.78, 5) is 24.1. The third-order valence-corrected chi connectivity index (χ3v) is 2.20. The summed E-state index contributed by atoms with van der Waals surface area (Å²) in [7, 11) is 0. The number of imide groups is 1. The van der Waals surface area contributed by atoms with Crippen LogP contribution in [0.2, 0.25) is 0 Å². The summed E-state index contributed by atoms with van der Waals surface area (Å²) in [5.41, 5.74) is 0. The molecule has 2 amide bonds. The van der Waals surface area contributed by atoms with Gasteiger partial charge < -0.3 is 0 Å². The quantitative estimate of drug-likeness (QED) is 0.487. The molecular formula is C10H15NO2. The van der Waals surface area contributed by atoms with Crippen LogP contribution in [0.4, 0.5) is 0 Å². The van der Waals surface area contributed by atoms with Crippen LogP contribution in [0.1, 0.15) is 26.7 Å². The number of hydrogen-bond acceptors (Lipinski definition) is 2. The van der Waals surface area contributed by atoms with Gasteiger partial charge in [-0.2, -0.15) is 0 Å². The van der Waals surface area contributed by atoms with Crippen LogP contribution >= 0.6 is 0 Å². The Bertz CT molecular complexity index is 245. The third kappa shape index (κ3) is 1.97. The van der Waals surface area contributed by atoms with Crippen molar-refractivity contribution in [3.05, 3.63) is 12.2 Å². The van der Waals surface area contributed by atoms with E-state index in [-0.39, 0.29) is 17.7 Å². The Morgan fingerprint density at radius 2 is 2.15 bits per heavy atom. The molecule has 1 unspecified atom stereocenters. The van der Waals surface area contributed by atoms with E-state index in [4.69, 9.17) is 0 Å². The van der Waals surface area contributed by atoms with E-state index >= 15 is 0 Å². The van der Waals surface area contributed by atoms with Crippen molar-refractivity contribution in [2.24, 2.45) is 5.92 Å². The molecule has 1 saturated heterocycles. The lowest BCUT2D eigenvalue weighted by Gasteiger charge is -2.09. The molecule has 72 valence electrons. The number of carbonyl (C=O) groups is 2. The number of allylic oxidation sites excluding steroid dienone is 1. The van der Waals surface area contributed by atoms with Crippen LogP contribution in [0.3, 0.4) is 0 Å². The van der Waals surface area contributed by atoms with Gasteiger partial charge in [0, 0.05) is 13.0 Å². The lowest BCUT2D eigenvalue weighted by atomic mass is 10.1. The average molecular weight is 181 g/mol. The zero-order valence-corrected chi connectivity index (χ0v) is 8.12. The molecule has 0 aliphatic carbocycles. The fourth-order valence-electron chi connectivity index (χ4n) is 1.49. The maximum absolute atomic E-state index is 11.5. The molecule has 3 heteroatoms. The summed E-state index contributed by atoms with van der Waals surface area (Å²) in [6, 6.07) is 0. The molecule has 0 N–H and O–H groups in total. The maximum atomic E-state index is 11.5. The predicted octanol–water partition coefficient (Wildman–Crippen LogP) is 1.35. The first-order valence-electron chi connectivity index (χ1n) is 4.71. The molecule has 0 saturated carbocycles. The van der Waals surface area contributed by atoms with Gasteiger partial charge in [0.2, 0.25) is 11.8 Å². The first kappa shape index (κ1) is 9.96. The molecule has 0 radical (unpaired) electrons. The van der Waals surface area contributed by atoms with Crippen LogP contribution in [0.25, 0.3) is 0 Å². The first-order valence-corrected chi connectivity index (χ1v) is 4.71. The molecule has 1 heterocycles. The standard InChI is InChI=1S/C10H15NO2/c1-3-5-6-8-7-9(12)11(4-2)10(8)13/h5-6,8H,3-4,7H2,1-2H3/b6-5+.